The molecule has 6 heteroatoms. The maximum Gasteiger partial charge on any atom is 0.401 e. The van der Waals surface area contributed by atoms with Crippen LogP contribution in [0, 0.1) is 0 Å². The van der Waals surface area contributed by atoms with Gasteiger partial charge < -0.3 is 10.1 Å². The number of hydrogen-bond acceptors (Lipinski definition) is 3. The van der Waals surface area contributed by atoms with E-state index in [-0.39, 0.29) is 6.54 Å². The van der Waals surface area contributed by atoms with Crippen molar-refractivity contribution in [1.82, 2.24) is 10.2 Å². The Labute approximate surface area is 124 Å². The average molecular weight is 304 g/mol. The Hall–Kier alpha value is -1.27. The zero-order valence-electron chi connectivity index (χ0n) is 12.8. The maximum absolute atomic E-state index is 12.5. The van der Waals surface area contributed by atoms with Crippen molar-refractivity contribution in [3.8, 4) is 5.75 Å². The van der Waals surface area contributed by atoms with E-state index in [1.807, 2.05) is 25.1 Å². The van der Waals surface area contributed by atoms with Gasteiger partial charge in [-0.25, -0.2) is 0 Å². The van der Waals surface area contributed by atoms with Gasteiger partial charge in [0.25, 0.3) is 0 Å². The molecule has 1 N–H and O–H groups in total. The molecule has 0 bridgehead atoms. The first-order valence-electron chi connectivity index (χ1n) is 7.05. The van der Waals surface area contributed by atoms with Crippen molar-refractivity contribution in [2.45, 2.75) is 33.1 Å². The SMILES string of the molecule is CCNCc1ccc(OC)c(CN(CC)CC(F)(F)F)c1. The van der Waals surface area contributed by atoms with Crippen LogP contribution in [0.4, 0.5) is 13.2 Å². The zero-order chi connectivity index (χ0) is 15.9. The fraction of sp³-hybridized carbons (Fsp3) is 0.600. The van der Waals surface area contributed by atoms with Crippen molar-refractivity contribution < 1.29 is 17.9 Å². The van der Waals surface area contributed by atoms with Crippen molar-refractivity contribution >= 4 is 0 Å². The second-order valence-corrected chi connectivity index (χ2v) is 4.84. The largest absolute Gasteiger partial charge is 0.496 e. The maximum atomic E-state index is 12.5. The van der Waals surface area contributed by atoms with Crippen molar-refractivity contribution in [2.24, 2.45) is 0 Å². The summed E-state index contributed by atoms with van der Waals surface area (Å²) in [6.45, 7) is 4.91. The average Bonchev–Trinajstić information content (AvgIpc) is 2.43. The monoisotopic (exact) mass is 304 g/mol. The fourth-order valence-electron chi connectivity index (χ4n) is 2.11. The predicted octanol–water partition coefficient (Wildman–Crippen LogP) is 3.19. The van der Waals surface area contributed by atoms with E-state index in [2.05, 4.69) is 5.32 Å². The number of nitrogens with one attached hydrogen (secondary N) is 1. The molecular formula is C15H23F3N2O. The quantitative estimate of drug-likeness (QED) is 0.798. The van der Waals surface area contributed by atoms with Crippen LogP contribution in [0.2, 0.25) is 0 Å². The molecule has 0 fully saturated rings. The van der Waals surface area contributed by atoms with Crippen LogP contribution in [0.25, 0.3) is 0 Å². The van der Waals surface area contributed by atoms with Gasteiger partial charge in [-0.2, -0.15) is 13.2 Å². The van der Waals surface area contributed by atoms with E-state index < -0.39 is 12.7 Å². The molecule has 0 atom stereocenters. The molecule has 0 aliphatic heterocycles. The van der Waals surface area contributed by atoms with Gasteiger partial charge in [0.1, 0.15) is 5.75 Å². The van der Waals surface area contributed by atoms with Gasteiger partial charge >= 0.3 is 6.18 Å². The van der Waals surface area contributed by atoms with E-state index in [1.54, 1.807) is 6.92 Å². The van der Waals surface area contributed by atoms with Gasteiger partial charge in [-0.05, 0) is 30.8 Å². The Morgan fingerprint density at radius 3 is 2.48 bits per heavy atom. The lowest BCUT2D eigenvalue weighted by Crippen LogP contribution is -2.33. The molecular weight excluding hydrogens is 281 g/mol. The Kier molecular flexibility index (Phi) is 6.98. The van der Waals surface area contributed by atoms with Gasteiger partial charge in [-0.3, -0.25) is 4.90 Å². The summed E-state index contributed by atoms with van der Waals surface area (Å²) in [6.07, 6.45) is -4.19. The number of halogens is 3. The van der Waals surface area contributed by atoms with Gasteiger partial charge in [0.2, 0.25) is 0 Å². The third-order valence-corrected chi connectivity index (χ3v) is 3.17. The minimum Gasteiger partial charge on any atom is -0.496 e. The Bertz CT molecular complexity index is 435. The number of nitrogens with zero attached hydrogens (tertiary/aromatic N) is 1. The zero-order valence-corrected chi connectivity index (χ0v) is 12.8. The van der Waals surface area contributed by atoms with E-state index in [4.69, 9.17) is 4.74 Å². The number of rotatable bonds is 8. The highest BCUT2D eigenvalue weighted by Gasteiger charge is 2.30. The first-order chi connectivity index (χ1) is 9.89. The highest BCUT2D eigenvalue weighted by Crippen LogP contribution is 2.24. The number of alkyl halides is 3. The topological polar surface area (TPSA) is 24.5 Å². The number of benzene rings is 1. The summed E-state index contributed by atoms with van der Waals surface area (Å²) in [7, 11) is 1.53. The molecule has 0 unspecified atom stereocenters. The first-order valence-corrected chi connectivity index (χ1v) is 7.05. The summed E-state index contributed by atoms with van der Waals surface area (Å²) in [4.78, 5) is 1.36. The van der Waals surface area contributed by atoms with E-state index in [1.165, 1.54) is 12.0 Å². The van der Waals surface area contributed by atoms with Crippen molar-refractivity contribution in [2.75, 3.05) is 26.7 Å². The molecule has 21 heavy (non-hydrogen) atoms. The normalized spacial score (nSPS) is 12.0. The van der Waals surface area contributed by atoms with E-state index >= 15 is 0 Å². The Balaban J connectivity index is 2.87. The summed E-state index contributed by atoms with van der Waals surface area (Å²) in [5, 5.41) is 3.20. The van der Waals surface area contributed by atoms with Crippen LogP contribution in [0.3, 0.4) is 0 Å². The molecule has 0 spiro atoms. The molecule has 1 aromatic rings. The summed E-state index contributed by atoms with van der Waals surface area (Å²) >= 11 is 0. The Morgan fingerprint density at radius 2 is 1.95 bits per heavy atom. The first kappa shape index (κ1) is 17.8. The second-order valence-electron chi connectivity index (χ2n) is 4.84. The van der Waals surface area contributed by atoms with Crippen LogP contribution in [-0.2, 0) is 13.1 Å². The van der Waals surface area contributed by atoms with Crippen LogP contribution >= 0.6 is 0 Å². The minimum absolute atomic E-state index is 0.221. The number of hydrogen-bond donors (Lipinski definition) is 1. The predicted molar refractivity (Wildman–Crippen MR) is 77.4 cm³/mol. The van der Waals surface area contributed by atoms with Crippen LogP contribution in [0.15, 0.2) is 18.2 Å². The van der Waals surface area contributed by atoms with Crippen molar-refractivity contribution in [3.63, 3.8) is 0 Å². The lowest BCUT2D eigenvalue weighted by molar-refractivity contribution is -0.146. The molecule has 0 aliphatic rings. The highest BCUT2D eigenvalue weighted by atomic mass is 19.4. The molecule has 0 amide bonds. The summed E-state index contributed by atoms with van der Waals surface area (Å²) in [5.41, 5.74) is 1.81. The molecule has 1 rings (SSSR count). The molecule has 3 nitrogen and oxygen atoms in total. The fourth-order valence-corrected chi connectivity index (χ4v) is 2.11. The van der Waals surface area contributed by atoms with Gasteiger partial charge in [0.15, 0.2) is 0 Å². The van der Waals surface area contributed by atoms with Gasteiger partial charge in [-0.1, -0.05) is 19.9 Å². The van der Waals surface area contributed by atoms with Crippen LogP contribution in [0.5, 0.6) is 5.75 Å². The molecule has 0 radical (unpaired) electrons. The molecule has 0 saturated carbocycles. The van der Waals surface area contributed by atoms with E-state index in [0.717, 1.165) is 17.7 Å². The number of methoxy groups -OCH3 is 1. The molecule has 0 saturated heterocycles. The van der Waals surface area contributed by atoms with Crippen LogP contribution < -0.4 is 10.1 Å². The van der Waals surface area contributed by atoms with Crippen LogP contribution in [0.1, 0.15) is 25.0 Å². The minimum atomic E-state index is -4.19. The van der Waals surface area contributed by atoms with Gasteiger partial charge in [0, 0.05) is 18.7 Å². The van der Waals surface area contributed by atoms with Crippen molar-refractivity contribution in [1.29, 1.82) is 0 Å². The van der Waals surface area contributed by atoms with Gasteiger partial charge in [0.05, 0.1) is 13.7 Å². The summed E-state index contributed by atoms with van der Waals surface area (Å²) < 4.78 is 42.9. The molecule has 0 aromatic heterocycles. The summed E-state index contributed by atoms with van der Waals surface area (Å²) in [5.74, 6) is 0.621. The Morgan fingerprint density at radius 1 is 1.24 bits per heavy atom. The molecule has 0 aliphatic carbocycles. The standard InChI is InChI=1S/C15H23F3N2O/c1-4-19-9-12-6-7-14(21-3)13(8-12)10-20(5-2)11-15(16,17)18/h6-8,19H,4-5,9-11H2,1-3H3. The number of ether oxygens (including phenoxy) is 1. The van der Waals surface area contributed by atoms with Gasteiger partial charge in [-0.15, -0.1) is 0 Å². The van der Waals surface area contributed by atoms with Crippen LogP contribution in [-0.4, -0.2) is 37.8 Å². The smallest absolute Gasteiger partial charge is 0.401 e. The second kappa shape index (κ2) is 8.24. The third kappa shape index (κ3) is 6.35. The van der Waals surface area contributed by atoms with E-state index in [0.29, 0.717) is 18.8 Å². The molecule has 1 aromatic carbocycles. The van der Waals surface area contributed by atoms with E-state index in [9.17, 15) is 13.2 Å². The lowest BCUT2D eigenvalue weighted by atomic mass is 10.1. The van der Waals surface area contributed by atoms with Crippen molar-refractivity contribution in [3.05, 3.63) is 29.3 Å². The molecule has 0 heterocycles. The highest BCUT2D eigenvalue weighted by molar-refractivity contribution is 5.37. The lowest BCUT2D eigenvalue weighted by Gasteiger charge is -2.23. The molecule has 120 valence electrons. The third-order valence-electron chi connectivity index (χ3n) is 3.17. The summed E-state index contributed by atoms with van der Waals surface area (Å²) in [6, 6.07) is 5.63.